The Labute approximate surface area is 574 Å². The summed E-state index contributed by atoms with van der Waals surface area (Å²) in [6.45, 7) is 24.3. The van der Waals surface area contributed by atoms with Crippen molar-refractivity contribution in [1.82, 2.24) is 49.5 Å². The van der Waals surface area contributed by atoms with E-state index in [1.807, 2.05) is 14.1 Å². The van der Waals surface area contributed by atoms with Crippen LogP contribution in [0.3, 0.4) is 0 Å². The molecule has 4 atom stereocenters. The number of aromatic nitrogens is 6. The fraction of sp³-hybridized carbons (Fsp3) is 0.584. The van der Waals surface area contributed by atoms with Gasteiger partial charge in [-0.1, -0.05) is 85.1 Å². The number of carbonyl (C=O) groups is 4. The third kappa shape index (κ3) is 14.1. The summed E-state index contributed by atoms with van der Waals surface area (Å²) in [5.74, 6) is 0.641. The number of rotatable bonds is 16. The van der Waals surface area contributed by atoms with E-state index < -0.39 is 11.8 Å². The van der Waals surface area contributed by atoms with E-state index in [1.54, 1.807) is 12.4 Å². The van der Waals surface area contributed by atoms with Crippen LogP contribution in [-0.2, 0) is 50.6 Å². The van der Waals surface area contributed by atoms with Crippen LogP contribution in [0, 0.1) is 10.8 Å². The number of piperidine rings is 4. The van der Waals surface area contributed by atoms with Gasteiger partial charge in [0.15, 0.2) is 23.0 Å². The molecular weight excluding hydrogens is 1210 g/mol. The van der Waals surface area contributed by atoms with Gasteiger partial charge in [-0.3, -0.25) is 19.2 Å². The molecule has 2 aromatic carbocycles. The molecule has 0 radical (unpaired) electrons. The predicted octanol–water partition coefficient (Wildman–Crippen LogP) is 11.3. The van der Waals surface area contributed by atoms with E-state index in [2.05, 4.69) is 176 Å². The van der Waals surface area contributed by atoms with E-state index in [0.29, 0.717) is 23.3 Å². The van der Waals surface area contributed by atoms with Gasteiger partial charge in [-0.2, -0.15) is 0 Å². The number of hydrogen-bond acceptors (Lipinski definition) is 14. The minimum absolute atomic E-state index is 0.0222. The summed E-state index contributed by atoms with van der Waals surface area (Å²) in [4.78, 5) is 80.4. The number of hydrogen-bond donors (Lipinski definition) is 6. The molecule has 4 aliphatic heterocycles. The summed E-state index contributed by atoms with van der Waals surface area (Å²) in [5.41, 5.74) is 23.4. The van der Waals surface area contributed by atoms with Gasteiger partial charge in [-0.15, -0.1) is 0 Å². The number of fused-ring (bicyclic) bond motifs is 2. The molecule has 20 nitrogen and oxygen atoms in total. The molecule has 4 aliphatic carbocycles. The SMILES string of the molecule is C[C@@H]1[C@H](NC(=O)c2cc3c(n2C)CC(C)(C)C3)CCCN1c1cnc(C(N)=O)c(Nc2ccc(C3(C)CCN(C4CCC4)CC3)cc2)n1.C[C@@H]1[C@H](NC(=O)c2cc3c(n2C)CC(C)(C)C3)CCCN1c1cnc(C(N)=O)c(Nc2ccc(C3(C)CCN(C4CCCC4)CC3)cc2)n1. The number of primary amides is 2. The summed E-state index contributed by atoms with van der Waals surface area (Å²) >= 11 is 0. The molecule has 518 valence electrons. The molecule has 8 N–H and O–H groups in total. The molecular formula is C77H106N16O4. The van der Waals surface area contributed by atoms with E-state index in [4.69, 9.17) is 21.4 Å². The lowest BCUT2D eigenvalue weighted by atomic mass is 9.73. The van der Waals surface area contributed by atoms with Gasteiger partial charge in [0.05, 0.1) is 12.4 Å². The summed E-state index contributed by atoms with van der Waals surface area (Å²) in [7, 11) is 4.01. The van der Waals surface area contributed by atoms with E-state index in [9.17, 15) is 19.2 Å². The van der Waals surface area contributed by atoms with Crippen molar-refractivity contribution in [1.29, 1.82) is 0 Å². The lowest BCUT2D eigenvalue weighted by molar-refractivity contribution is 0.0773. The van der Waals surface area contributed by atoms with Crippen molar-refractivity contribution in [2.75, 3.05) is 59.7 Å². The summed E-state index contributed by atoms with van der Waals surface area (Å²) in [6.07, 6.45) is 25.0. The Hall–Kier alpha value is -7.84. The Morgan fingerprint density at radius 2 is 0.856 bits per heavy atom. The first kappa shape index (κ1) is 67.7. The molecule has 8 heterocycles. The second kappa shape index (κ2) is 27.1. The minimum Gasteiger partial charge on any atom is -0.364 e. The van der Waals surface area contributed by atoms with Gasteiger partial charge in [-0.25, -0.2) is 19.9 Å². The molecule has 14 rings (SSSR count). The van der Waals surface area contributed by atoms with E-state index in [1.165, 1.54) is 78.6 Å². The summed E-state index contributed by atoms with van der Waals surface area (Å²) in [6, 6.07) is 22.6. The average Bonchev–Trinajstić information content (AvgIpc) is 1.65. The van der Waals surface area contributed by atoms with Crippen molar-refractivity contribution in [3.8, 4) is 0 Å². The molecule has 2 saturated carbocycles. The van der Waals surface area contributed by atoms with Crippen molar-refractivity contribution in [2.24, 2.45) is 36.4 Å². The maximum atomic E-state index is 13.5. The van der Waals surface area contributed by atoms with Gasteiger partial charge < -0.3 is 61.5 Å². The molecule has 8 aliphatic rings. The van der Waals surface area contributed by atoms with Crippen molar-refractivity contribution in [3.63, 3.8) is 0 Å². The number of nitrogens with zero attached hydrogens (tertiary/aromatic N) is 10. The van der Waals surface area contributed by atoms with Gasteiger partial charge in [0.25, 0.3) is 23.6 Å². The Balaban J connectivity index is 0.000000175. The van der Waals surface area contributed by atoms with Crippen LogP contribution in [-0.4, -0.2) is 138 Å². The number of nitrogens with two attached hydrogens (primary N) is 2. The van der Waals surface area contributed by atoms with Crippen LogP contribution in [0.4, 0.5) is 34.6 Å². The van der Waals surface area contributed by atoms with E-state index in [-0.39, 0.29) is 69.0 Å². The number of likely N-dealkylation sites (tertiary alicyclic amines) is 2. The first-order valence-electron chi connectivity index (χ1n) is 36.4. The molecule has 6 fully saturated rings. The highest BCUT2D eigenvalue weighted by atomic mass is 16.2. The second-order valence-electron chi connectivity index (χ2n) is 32.2. The minimum atomic E-state index is -0.631. The highest BCUT2D eigenvalue weighted by Gasteiger charge is 2.41. The van der Waals surface area contributed by atoms with Crippen LogP contribution in [0.1, 0.15) is 227 Å². The molecule has 6 aromatic rings. The number of carbonyl (C=O) groups excluding carboxylic acids is 4. The number of anilines is 6. The number of benzene rings is 2. The summed E-state index contributed by atoms with van der Waals surface area (Å²) in [5, 5.41) is 13.3. The van der Waals surface area contributed by atoms with E-state index >= 15 is 0 Å². The molecule has 0 spiro atoms. The summed E-state index contributed by atoms with van der Waals surface area (Å²) < 4.78 is 4.14. The third-order valence-corrected chi connectivity index (χ3v) is 24.1. The molecule has 4 amide bonds. The first-order chi connectivity index (χ1) is 46.3. The standard InChI is InChI=1S/C39H54N8O2.C38H52N8O2/c1-25-30(43-37(49)31-21-26-22-38(2,3)23-32(26)45(31)5)11-8-18-47(25)33-24-41-34(35(40)48)36(44-33)42-28-14-12-27(13-15-28)39(4)16-19-46(20-17-39)29-9-6-7-10-29;1-24-29(42-36(48)30-20-25-21-37(2,3)22-31(25)44(30)5)10-7-17-46(24)32-23-40-33(34(39)47)35(43-32)41-27-13-11-26(12-14-27)38(4)15-18-45(19-16-38)28-8-6-9-28/h12-15,21,24-25,29-30H,6-11,16-20,22-23H2,1-5H3,(H2,40,48)(H,42,44)(H,43,49);11-14,20,23-24,28-29H,6-10,15-19,21-22H2,1-5H3,(H2,39,47)(H,41,43)(H,42,48)/t25-,30-;24-,29-/m11/s1. The lowest BCUT2D eigenvalue weighted by Crippen LogP contribution is -2.54. The zero-order chi connectivity index (χ0) is 68.3. The van der Waals surface area contributed by atoms with Crippen LogP contribution in [0.2, 0.25) is 0 Å². The average molecular weight is 1320 g/mol. The van der Waals surface area contributed by atoms with Gasteiger partial charge in [0.1, 0.15) is 23.0 Å². The molecule has 0 unspecified atom stereocenters. The molecule has 20 heteroatoms. The maximum Gasteiger partial charge on any atom is 0.271 e. The molecule has 4 aromatic heterocycles. The lowest BCUT2D eigenvalue weighted by Gasteiger charge is -2.45. The number of amides is 4. The highest BCUT2D eigenvalue weighted by molar-refractivity contribution is 5.97. The predicted molar refractivity (Wildman–Crippen MR) is 385 cm³/mol. The van der Waals surface area contributed by atoms with Gasteiger partial charge in [0.2, 0.25) is 0 Å². The monoisotopic (exact) mass is 1320 g/mol. The molecule has 0 bridgehead atoms. The van der Waals surface area contributed by atoms with Crippen LogP contribution < -0.4 is 42.5 Å². The zero-order valence-corrected chi connectivity index (χ0v) is 59.3. The Bertz CT molecular complexity index is 3880. The van der Waals surface area contributed by atoms with Crippen LogP contribution in [0.25, 0.3) is 0 Å². The van der Waals surface area contributed by atoms with Crippen molar-refractivity contribution < 1.29 is 19.2 Å². The van der Waals surface area contributed by atoms with Gasteiger partial charge in [-0.05, 0) is 223 Å². The smallest absolute Gasteiger partial charge is 0.271 e. The topological polar surface area (TPSA) is 243 Å². The maximum absolute atomic E-state index is 13.5. The fourth-order valence-corrected chi connectivity index (χ4v) is 17.6. The Morgan fingerprint density at radius 1 is 0.485 bits per heavy atom. The largest absolute Gasteiger partial charge is 0.364 e. The zero-order valence-electron chi connectivity index (χ0n) is 59.3. The fourth-order valence-electron chi connectivity index (χ4n) is 17.6. The van der Waals surface area contributed by atoms with Crippen molar-refractivity contribution in [2.45, 2.75) is 224 Å². The molecule has 97 heavy (non-hydrogen) atoms. The van der Waals surface area contributed by atoms with Gasteiger partial charge >= 0.3 is 0 Å². The van der Waals surface area contributed by atoms with E-state index in [0.717, 1.165) is 151 Å². The van der Waals surface area contributed by atoms with Crippen LogP contribution in [0.15, 0.2) is 73.1 Å². The third-order valence-electron chi connectivity index (χ3n) is 24.1. The Kier molecular flexibility index (Phi) is 18.9. The molecule has 4 saturated heterocycles. The van der Waals surface area contributed by atoms with Crippen LogP contribution in [0.5, 0.6) is 0 Å². The quantitative estimate of drug-likeness (QED) is 0.0528. The van der Waals surface area contributed by atoms with Crippen LogP contribution >= 0.6 is 0 Å². The highest BCUT2D eigenvalue weighted by Crippen LogP contribution is 2.43. The van der Waals surface area contributed by atoms with Gasteiger partial charge in [0, 0.05) is 86.2 Å². The normalized spacial score (nSPS) is 23.7. The van der Waals surface area contributed by atoms with Crippen molar-refractivity contribution >= 4 is 58.3 Å². The first-order valence-corrected chi connectivity index (χ1v) is 36.4. The number of nitrogens with one attached hydrogen (secondary N) is 4. The van der Waals surface area contributed by atoms with Crippen molar-refractivity contribution in [3.05, 3.63) is 129 Å². The second-order valence-corrected chi connectivity index (χ2v) is 32.2. The Morgan fingerprint density at radius 3 is 1.20 bits per heavy atom.